The highest BCUT2D eigenvalue weighted by Gasteiger charge is 2.45. The van der Waals surface area contributed by atoms with Crippen molar-refractivity contribution >= 4 is 10.9 Å². The molecule has 2 aliphatic rings. The molecule has 0 bridgehead atoms. The minimum absolute atomic E-state index is 0.197. The first-order valence-corrected chi connectivity index (χ1v) is 7.22. The van der Waals surface area contributed by atoms with Crippen molar-refractivity contribution < 1.29 is 0 Å². The van der Waals surface area contributed by atoms with Crippen LogP contribution in [0.1, 0.15) is 44.9 Å². The van der Waals surface area contributed by atoms with Crippen molar-refractivity contribution in [2.24, 2.45) is 0 Å². The second-order valence-corrected chi connectivity index (χ2v) is 7.22. The molecule has 1 N–H and O–H groups in total. The van der Waals surface area contributed by atoms with Crippen molar-refractivity contribution in [3.63, 3.8) is 0 Å². The highest BCUT2D eigenvalue weighted by Crippen LogP contribution is 2.40. The molecular formula is C16H21N3. The van der Waals surface area contributed by atoms with Gasteiger partial charge in [-0.15, -0.1) is 0 Å². The summed E-state index contributed by atoms with van der Waals surface area (Å²) in [5.41, 5.74) is 4.47. The number of fused-ring (bicyclic) bond motifs is 3. The maximum atomic E-state index is 4.79. The maximum absolute atomic E-state index is 4.79. The van der Waals surface area contributed by atoms with E-state index in [1.807, 2.05) is 0 Å². The van der Waals surface area contributed by atoms with Crippen LogP contribution in [0, 0.1) is 0 Å². The predicted octanol–water partition coefficient (Wildman–Crippen LogP) is 2.97. The molecule has 3 heteroatoms. The molecule has 19 heavy (non-hydrogen) atoms. The Morgan fingerprint density at radius 3 is 2.74 bits per heavy atom. The molecule has 1 spiro atoms. The molecule has 0 unspecified atom stereocenters. The third-order valence-corrected chi connectivity index (χ3v) is 4.65. The van der Waals surface area contributed by atoms with E-state index in [1.54, 1.807) is 0 Å². The highest BCUT2D eigenvalue weighted by molar-refractivity contribution is 5.82. The molecule has 3 nitrogen and oxygen atoms in total. The SMILES string of the molecule is CC(C)(C)c1ccc2nn3c(c2c1)CNC1(CC1)C3. The lowest BCUT2D eigenvalue weighted by Crippen LogP contribution is -2.41. The molecule has 1 fully saturated rings. The number of rotatable bonds is 0. The van der Waals surface area contributed by atoms with Crippen molar-refractivity contribution in [1.29, 1.82) is 0 Å². The third-order valence-electron chi connectivity index (χ3n) is 4.65. The van der Waals surface area contributed by atoms with Gasteiger partial charge < -0.3 is 5.32 Å². The Morgan fingerprint density at radius 2 is 2.05 bits per heavy atom. The first-order chi connectivity index (χ1) is 8.97. The smallest absolute Gasteiger partial charge is 0.0926 e. The third kappa shape index (κ3) is 1.71. The Balaban J connectivity index is 1.86. The molecule has 1 aliphatic heterocycles. The molecule has 2 aromatic rings. The first kappa shape index (κ1) is 11.5. The highest BCUT2D eigenvalue weighted by atomic mass is 15.3. The monoisotopic (exact) mass is 255 g/mol. The Kier molecular flexibility index (Phi) is 2.05. The van der Waals surface area contributed by atoms with Gasteiger partial charge >= 0.3 is 0 Å². The van der Waals surface area contributed by atoms with Crippen molar-refractivity contribution in [1.82, 2.24) is 15.1 Å². The lowest BCUT2D eigenvalue weighted by Gasteiger charge is -2.25. The van der Waals surface area contributed by atoms with Crippen molar-refractivity contribution in [2.45, 2.75) is 57.7 Å². The summed E-state index contributed by atoms with van der Waals surface area (Å²) < 4.78 is 2.24. The summed E-state index contributed by atoms with van der Waals surface area (Å²) in [6, 6.07) is 6.74. The fourth-order valence-electron chi connectivity index (χ4n) is 3.07. The van der Waals surface area contributed by atoms with E-state index in [0.29, 0.717) is 5.54 Å². The largest absolute Gasteiger partial charge is 0.304 e. The van der Waals surface area contributed by atoms with Crippen LogP contribution in [0.2, 0.25) is 0 Å². The number of hydrogen-bond acceptors (Lipinski definition) is 2. The molecule has 0 atom stereocenters. The van der Waals surface area contributed by atoms with Crippen LogP contribution in [-0.4, -0.2) is 15.3 Å². The minimum Gasteiger partial charge on any atom is -0.304 e. The second-order valence-electron chi connectivity index (χ2n) is 7.22. The van der Waals surface area contributed by atoms with Gasteiger partial charge in [-0.1, -0.05) is 26.8 Å². The molecule has 0 amide bonds. The summed E-state index contributed by atoms with van der Waals surface area (Å²) in [6.07, 6.45) is 2.60. The average Bonchev–Trinajstić information content (AvgIpc) is 2.99. The van der Waals surface area contributed by atoms with Crippen LogP contribution in [0.3, 0.4) is 0 Å². The first-order valence-electron chi connectivity index (χ1n) is 7.22. The van der Waals surface area contributed by atoms with E-state index in [4.69, 9.17) is 5.10 Å². The van der Waals surface area contributed by atoms with Crippen LogP contribution in [0.5, 0.6) is 0 Å². The lowest BCUT2D eigenvalue weighted by molar-refractivity contribution is 0.354. The zero-order valence-corrected chi connectivity index (χ0v) is 12.0. The fraction of sp³-hybridized carbons (Fsp3) is 0.562. The minimum atomic E-state index is 0.197. The van der Waals surface area contributed by atoms with Gasteiger partial charge in [-0.05, 0) is 36.0 Å². The van der Waals surface area contributed by atoms with Gasteiger partial charge in [0, 0.05) is 17.5 Å². The van der Waals surface area contributed by atoms with E-state index in [-0.39, 0.29) is 5.41 Å². The molecule has 1 aromatic heterocycles. The zero-order valence-electron chi connectivity index (χ0n) is 12.0. The molecule has 0 saturated heterocycles. The average molecular weight is 255 g/mol. The summed E-state index contributed by atoms with van der Waals surface area (Å²) in [5, 5.41) is 9.82. The van der Waals surface area contributed by atoms with Crippen LogP contribution >= 0.6 is 0 Å². The number of hydrogen-bond donors (Lipinski definition) is 1. The van der Waals surface area contributed by atoms with Crippen LogP contribution in [0.25, 0.3) is 10.9 Å². The zero-order chi connectivity index (χ0) is 13.3. The van der Waals surface area contributed by atoms with E-state index >= 15 is 0 Å². The van der Waals surface area contributed by atoms with Gasteiger partial charge in [0.25, 0.3) is 0 Å². The molecule has 1 saturated carbocycles. The van der Waals surface area contributed by atoms with Gasteiger partial charge in [-0.25, -0.2) is 0 Å². The second kappa shape index (κ2) is 3.40. The van der Waals surface area contributed by atoms with E-state index in [9.17, 15) is 0 Å². The van der Waals surface area contributed by atoms with Gasteiger partial charge in [0.15, 0.2) is 0 Å². The summed E-state index contributed by atoms with van der Waals surface area (Å²) in [4.78, 5) is 0. The standard InChI is InChI=1S/C16H21N3/c1-15(2,3)11-4-5-13-12(8-11)14-9-17-16(6-7-16)10-19(14)18-13/h4-5,8,17H,6-7,9-10H2,1-3H3. The van der Waals surface area contributed by atoms with Gasteiger partial charge in [-0.3, -0.25) is 4.68 Å². The van der Waals surface area contributed by atoms with E-state index in [0.717, 1.165) is 18.6 Å². The quantitative estimate of drug-likeness (QED) is 0.784. The van der Waals surface area contributed by atoms with Gasteiger partial charge in [0.1, 0.15) is 0 Å². The van der Waals surface area contributed by atoms with Gasteiger partial charge in [0.2, 0.25) is 0 Å². The summed E-state index contributed by atoms with van der Waals surface area (Å²) >= 11 is 0. The summed E-state index contributed by atoms with van der Waals surface area (Å²) in [7, 11) is 0. The molecule has 0 radical (unpaired) electrons. The lowest BCUT2D eigenvalue weighted by atomic mass is 9.86. The molecule has 100 valence electrons. The topological polar surface area (TPSA) is 29.9 Å². The van der Waals surface area contributed by atoms with E-state index in [2.05, 4.69) is 49.0 Å². The van der Waals surface area contributed by atoms with Gasteiger partial charge in [-0.2, -0.15) is 5.10 Å². The summed E-state index contributed by atoms with van der Waals surface area (Å²) in [6.45, 7) is 8.80. The number of nitrogens with one attached hydrogen (secondary N) is 1. The summed E-state index contributed by atoms with van der Waals surface area (Å²) in [5.74, 6) is 0. The number of benzene rings is 1. The van der Waals surface area contributed by atoms with E-state index < -0.39 is 0 Å². The fourth-order valence-corrected chi connectivity index (χ4v) is 3.07. The van der Waals surface area contributed by atoms with Crippen LogP contribution < -0.4 is 5.32 Å². The molecule has 1 aromatic carbocycles. The molecular weight excluding hydrogens is 234 g/mol. The predicted molar refractivity (Wildman–Crippen MR) is 77.2 cm³/mol. The molecule has 1 aliphatic carbocycles. The Hall–Kier alpha value is -1.35. The number of nitrogens with zero attached hydrogens (tertiary/aromatic N) is 2. The maximum Gasteiger partial charge on any atom is 0.0926 e. The number of aromatic nitrogens is 2. The normalized spacial score (nSPS) is 20.8. The van der Waals surface area contributed by atoms with Crippen molar-refractivity contribution in [3.05, 3.63) is 29.5 Å². The van der Waals surface area contributed by atoms with Crippen LogP contribution in [0.15, 0.2) is 18.2 Å². The van der Waals surface area contributed by atoms with Crippen LogP contribution in [-0.2, 0) is 18.5 Å². The van der Waals surface area contributed by atoms with Crippen LogP contribution in [0.4, 0.5) is 0 Å². The Bertz CT molecular complexity index is 656. The Labute approximate surface area is 114 Å². The molecule has 4 rings (SSSR count). The van der Waals surface area contributed by atoms with Gasteiger partial charge in [0.05, 0.1) is 17.8 Å². The molecule has 2 heterocycles. The Morgan fingerprint density at radius 1 is 1.26 bits per heavy atom. The van der Waals surface area contributed by atoms with E-state index in [1.165, 1.54) is 29.5 Å². The van der Waals surface area contributed by atoms with Crippen molar-refractivity contribution in [3.8, 4) is 0 Å². The van der Waals surface area contributed by atoms with Crippen molar-refractivity contribution in [2.75, 3.05) is 0 Å².